The Balaban J connectivity index is 1.58. The maximum Gasteiger partial charge on any atom is 0.261 e. The molecule has 4 aromatic carbocycles. The molecule has 0 bridgehead atoms. The molecule has 2 aromatic heterocycles. The zero-order valence-corrected chi connectivity index (χ0v) is 26.1. The third kappa shape index (κ3) is 5.35. The molecule has 228 valence electrons. The van der Waals surface area contributed by atoms with Gasteiger partial charge in [0, 0.05) is 42.9 Å². The van der Waals surface area contributed by atoms with Crippen molar-refractivity contribution in [3.8, 4) is 22.5 Å². The fourth-order valence-electron chi connectivity index (χ4n) is 5.70. The second-order valence-electron chi connectivity index (χ2n) is 10.7. The highest BCUT2D eigenvalue weighted by molar-refractivity contribution is 7.99. The summed E-state index contributed by atoms with van der Waals surface area (Å²) in [4.78, 5) is 32.0. The Morgan fingerprint density at radius 2 is 1.60 bits per heavy atom. The molecule has 0 aliphatic rings. The summed E-state index contributed by atoms with van der Waals surface area (Å²) < 4.78 is 37.2. The largest absolute Gasteiger partial charge is 0.455 e. The van der Waals surface area contributed by atoms with Crippen LogP contribution in [0.15, 0.2) is 88.1 Å². The lowest BCUT2D eigenvalue weighted by Crippen LogP contribution is -2.27. The molecule has 1 atom stereocenters. The number of furan rings is 1. The minimum absolute atomic E-state index is 0.218. The first-order valence-electron chi connectivity index (χ1n) is 14.3. The standard InChI is InChI=1S/C35H30F2N4O3S/c1-19(21-6-11-24(36)12-7-21)41-20(2)39-29-15-10-23(16-27(29)35(41)43)26-17-28-31(18-30(26)40(4)45-5)44-33(32(28)34(42)38-3)22-8-13-25(37)14-9-22/h6-19H,1-5H3,(H,38,42). The van der Waals surface area contributed by atoms with Crippen LogP contribution in [0.2, 0.25) is 0 Å². The lowest BCUT2D eigenvalue weighted by atomic mass is 9.97. The Hall–Kier alpha value is -4.96. The van der Waals surface area contributed by atoms with Crippen molar-refractivity contribution in [2.75, 3.05) is 24.7 Å². The maximum absolute atomic E-state index is 14.0. The molecular weight excluding hydrogens is 594 g/mol. The topological polar surface area (TPSA) is 80.4 Å². The molecule has 0 aliphatic heterocycles. The first kappa shape index (κ1) is 30.1. The zero-order valence-electron chi connectivity index (χ0n) is 25.3. The Morgan fingerprint density at radius 3 is 2.24 bits per heavy atom. The van der Waals surface area contributed by atoms with Gasteiger partial charge < -0.3 is 14.0 Å². The monoisotopic (exact) mass is 624 g/mol. The highest BCUT2D eigenvalue weighted by Crippen LogP contribution is 2.42. The van der Waals surface area contributed by atoms with Gasteiger partial charge in [0.25, 0.3) is 11.5 Å². The fourth-order valence-corrected chi connectivity index (χ4v) is 6.05. The third-order valence-electron chi connectivity index (χ3n) is 8.11. The minimum atomic E-state index is -0.394. The summed E-state index contributed by atoms with van der Waals surface area (Å²) in [6.45, 7) is 3.67. The molecule has 2 heterocycles. The van der Waals surface area contributed by atoms with Gasteiger partial charge in [0.1, 0.15) is 28.8 Å². The number of fused-ring (bicyclic) bond motifs is 2. The Labute approximate surface area is 262 Å². The summed E-state index contributed by atoms with van der Waals surface area (Å²) in [5, 5.41) is 3.70. The Kier molecular flexibility index (Phi) is 7.92. The van der Waals surface area contributed by atoms with E-state index in [0.29, 0.717) is 44.6 Å². The van der Waals surface area contributed by atoms with Crippen molar-refractivity contribution in [3.63, 3.8) is 0 Å². The highest BCUT2D eigenvalue weighted by Gasteiger charge is 2.25. The van der Waals surface area contributed by atoms with Crippen molar-refractivity contribution in [1.82, 2.24) is 14.9 Å². The van der Waals surface area contributed by atoms with Gasteiger partial charge in [0.2, 0.25) is 0 Å². The number of anilines is 1. The Bertz CT molecular complexity index is 2140. The normalized spacial score (nSPS) is 12.1. The second kappa shape index (κ2) is 11.9. The number of nitrogens with one attached hydrogen (secondary N) is 1. The van der Waals surface area contributed by atoms with Crippen LogP contribution in [0.4, 0.5) is 14.5 Å². The van der Waals surface area contributed by atoms with E-state index in [9.17, 15) is 18.4 Å². The molecule has 1 amide bonds. The highest BCUT2D eigenvalue weighted by atomic mass is 32.2. The van der Waals surface area contributed by atoms with E-state index < -0.39 is 5.82 Å². The van der Waals surface area contributed by atoms with E-state index in [1.807, 2.05) is 54.9 Å². The van der Waals surface area contributed by atoms with Crippen LogP contribution >= 0.6 is 11.9 Å². The number of benzene rings is 4. The summed E-state index contributed by atoms with van der Waals surface area (Å²) in [5.41, 5.74) is 4.82. The Morgan fingerprint density at radius 1 is 0.956 bits per heavy atom. The molecule has 45 heavy (non-hydrogen) atoms. The van der Waals surface area contributed by atoms with Crippen molar-refractivity contribution >= 4 is 45.4 Å². The molecule has 1 unspecified atom stereocenters. The van der Waals surface area contributed by atoms with Gasteiger partial charge in [0.05, 0.1) is 28.2 Å². The van der Waals surface area contributed by atoms with Crippen LogP contribution in [0, 0.1) is 18.6 Å². The van der Waals surface area contributed by atoms with Crippen LogP contribution in [0.3, 0.4) is 0 Å². The summed E-state index contributed by atoms with van der Waals surface area (Å²) in [5.74, 6) is -0.213. The number of rotatable bonds is 7. The number of hydrogen-bond donors (Lipinski definition) is 1. The average Bonchev–Trinajstić information content (AvgIpc) is 3.42. The molecule has 0 saturated heterocycles. The minimum Gasteiger partial charge on any atom is -0.455 e. The molecule has 0 radical (unpaired) electrons. The van der Waals surface area contributed by atoms with E-state index in [-0.39, 0.29) is 23.3 Å². The van der Waals surface area contributed by atoms with Gasteiger partial charge in [0.15, 0.2) is 0 Å². The van der Waals surface area contributed by atoms with Gasteiger partial charge in [-0.3, -0.25) is 14.2 Å². The van der Waals surface area contributed by atoms with Crippen molar-refractivity contribution < 1.29 is 18.0 Å². The van der Waals surface area contributed by atoms with E-state index in [1.54, 1.807) is 42.8 Å². The van der Waals surface area contributed by atoms with Crippen LogP contribution < -0.4 is 15.2 Å². The van der Waals surface area contributed by atoms with E-state index in [1.165, 1.54) is 36.2 Å². The number of amides is 1. The van der Waals surface area contributed by atoms with Crippen LogP contribution in [-0.4, -0.2) is 35.8 Å². The summed E-state index contributed by atoms with van der Waals surface area (Å²) in [7, 11) is 3.46. The average molecular weight is 625 g/mol. The number of aromatic nitrogens is 2. The van der Waals surface area contributed by atoms with Crippen LogP contribution in [0.25, 0.3) is 44.3 Å². The molecule has 0 fully saturated rings. The summed E-state index contributed by atoms with van der Waals surface area (Å²) in [6.07, 6.45) is 1.94. The van der Waals surface area contributed by atoms with Crippen molar-refractivity contribution in [2.24, 2.45) is 0 Å². The molecule has 6 aromatic rings. The van der Waals surface area contributed by atoms with Crippen LogP contribution in [-0.2, 0) is 0 Å². The lowest BCUT2D eigenvalue weighted by molar-refractivity contribution is 0.0964. The molecule has 10 heteroatoms. The fraction of sp³-hybridized carbons (Fsp3) is 0.171. The van der Waals surface area contributed by atoms with Crippen LogP contribution in [0.1, 0.15) is 34.7 Å². The first-order chi connectivity index (χ1) is 21.6. The number of carbonyl (C=O) groups excluding carboxylic acids is 1. The SMILES string of the molecule is CNC(=O)c1c(-c2ccc(F)cc2)oc2cc(N(C)SC)c(-c3ccc4nc(C)n(C(C)c5ccc(F)cc5)c(=O)c4c3)cc12. The summed E-state index contributed by atoms with van der Waals surface area (Å²) >= 11 is 1.49. The lowest BCUT2D eigenvalue weighted by Gasteiger charge is -2.21. The molecule has 0 aliphatic carbocycles. The van der Waals surface area contributed by atoms with Crippen molar-refractivity contribution in [3.05, 3.63) is 118 Å². The van der Waals surface area contributed by atoms with Gasteiger partial charge in [-0.05, 0) is 79.6 Å². The number of halogens is 2. The maximum atomic E-state index is 14.0. The first-order valence-corrected chi connectivity index (χ1v) is 15.4. The zero-order chi connectivity index (χ0) is 32.0. The van der Waals surface area contributed by atoms with Gasteiger partial charge in [-0.15, -0.1) is 0 Å². The third-order valence-corrected chi connectivity index (χ3v) is 8.85. The van der Waals surface area contributed by atoms with E-state index in [2.05, 4.69) is 5.32 Å². The molecule has 0 saturated carbocycles. The van der Waals surface area contributed by atoms with Crippen LogP contribution in [0.5, 0.6) is 0 Å². The number of aryl methyl sites for hydroxylation is 1. The second-order valence-corrected chi connectivity index (χ2v) is 11.6. The van der Waals surface area contributed by atoms with Crippen molar-refractivity contribution in [2.45, 2.75) is 19.9 Å². The molecular formula is C35H30F2N4O3S. The molecule has 6 rings (SSSR count). The molecule has 0 spiro atoms. The summed E-state index contributed by atoms with van der Waals surface area (Å²) in [6, 6.07) is 20.8. The van der Waals surface area contributed by atoms with Gasteiger partial charge >= 0.3 is 0 Å². The van der Waals surface area contributed by atoms with Gasteiger partial charge in [-0.1, -0.05) is 30.1 Å². The smallest absolute Gasteiger partial charge is 0.261 e. The predicted molar refractivity (Wildman–Crippen MR) is 177 cm³/mol. The van der Waals surface area contributed by atoms with Gasteiger partial charge in [-0.2, -0.15) is 0 Å². The van der Waals surface area contributed by atoms with E-state index in [4.69, 9.17) is 9.40 Å². The number of carbonyl (C=O) groups is 1. The van der Waals surface area contributed by atoms with Gasteiger partial charge in [-0.25, -0.2) is 13.8 Å². The molecule has 7 nitrogen and oxygen atoms in total. The van der Waals surface area contributed by atoms with Crippen molar-refractivity contribution in [1.29, 1.82) is 0 Å². The van der Waals surface area contributed by atoms with E-state index in [0.717, 1.165) is 22.4 Å². The number of nitrogens with zero attached hydrogens (tertiary/aromatic N) is 3. The molecule has 1 N–H and O–H groups in total. The predicted octanol–water partition coefficient (Wildman–Crippen LogP) is 7.75. The van der Waals surface area contributed by atoms with E-state index >= 15 is 0 Å². The quantitative estimate of drug-likeness (QED) is 0.183. The number of hydrogen-bond acceptors (Lipinski definition) is 6.